The van der Waals surface area contributed by atoms with Crippen molar-refractivity contribution in [2.45, 2.75) is 71.1 Å². The smallest absolute Gasteiger partial charge is 0.191 e. The van der Waals surface area contributed by atoms with E-state index in [4.69, 9.17) is 9.73 Å². The van der Waals surface area contributed by atoms with Crippen molar-refractivity contribution in [1.29, 1.82) is 0 Å². The van der Waals surface area contributed by atoms with Crippen LogP contribution in [-0.4, -0.2) is 57.2 Å². The zero-order valence-corrected chi connectivity index (χ0v) is 16.6. The lowest BCUT2D eigenvalue weighted by molar-refractivity contribution is -0.0559. The van der Waals surface area contributed by atoms with Gasteiger partial charge in [0.05, 0.1) is 17.6 Å². The van der Waals surface area contributed by atoms with Crippen LogP contribution in [0.5, 0.6) is 0 Å². The molecule has 6 nitrogen and oxygen atoms in total. The van der Waals surface area contributed by atoms with Crippen LogP contribution in [0, 0.1) is 11.3 Å². The molecule has 1 saturated carbocycles. The van der Waals surface area contributed by atoms with Crippen LogP contribution in [0.1, 0.15) is 52.9 Å². The molecule has 0 amide bonds. The summed E-state index contributed by atoms with van der Waals surface area (Å²) in [6.45, 7) is 8.03. The number of hydrogen-bond acceptors (Lipinski definition) is 4. The average Bonchev–Trinajstić information content (AvgIpc) is 3.26. The highest BCUT2D eigenvalue weighted by atomic mass is 32.2. The van der Waals surface area contributed by atoms with E-state index in [-0.39, 0.29) is 23.2 Å². The Labute approximate surface area is 152 Å². The molecule has 2 aliphatic heterocycles. The summed E-state index contributed by atoms with van der Waals surface area (Å²) in [4.78, 5) is 4.72. The summed E-state index contributed by atoms with van der Waals surface area (Å²) in [6, 6.07) is 0.882. The molecule has 2 heterocycles. The molecule has 0 spiro atoms. The van der Waals surface area contributed by atoms with Gasteiger partial charge in [-0.05, 0) is 43.4 Å². The lowest BCUT2D eigenvalue weighted by Gasteiger charge is -2.38. The summed E-state index contributed by atoms with van der Waals surface area (Å²) < 4.78 is 29.2. The van der Waals surface area contributed by atoms with Crippen molar-refractivity contribution in [3.63, 3.8) is 0 Å². The fourth-order valence-corrected chi connectivity index (χ4v) is 5.36. The second-order valence-corrected chi connectivity index (χ2v) is 11.2. The van der Waals surface area contributed by atoms with Gasteiger partial charge in [0, 0.05) is 25.2 Å². The molecule has 0 aromatic carbocycles. The minimum atomic E-state index is -2.83. The van der Waals surface area contributed by atoms with Gasteiger partial charge in [-0.1, -0.05) is 20.8 Å². The monoisotopic (exact) mass is 371 g/mol. The van der Waals surface area contributed by atoms with Gasteiger partial charge in [0.1, 0.15) is 0 Å². The number of hydrogen-bond donors (Lipinski definition) is 2. The van der Waals surface area contributed by atoms with Gasteiger partial charge in [-0.2, -0.15) is 0 Å². The predicted molar refractivity (Wildman–Crippen MR) is 101 cm³/mol. The van der Waals surface area contributed by atoms with Crippen LogP contribution < -0.4 is 10.6 Å². The summed E-state index contributed by atoms with van der Waals surface area (Å²) >= 11 is 0. The van der Waals surface area contributed by atoms with Gasteiger partial charge in [0.2, 0.25) is 0 Å². The Morgan fingerprint density at radius 3 is 2.44 bits per heavy atom. The number of guanidine groups is 1. The Balaban J connectivity index is 1.57. The maximum atomic E-state index is 11.6. The van der Waals surface area contributed by atoms with Gasteiger partial charge < -0.3 is 15.4 Å². The fourth-order valence-electron chi connectivity index (χ4n) is 3.52. The molecule has 3 aliphatic rings. The maximum Gasteiger partial charge on any atom is 0.191 e. The second kappa shape index (κ2) is 7.43. The van der Waals surface area contributed by atoms with Gasteiger partial charge >= 0.3 is 0 Å². The number of sulfone groups is 1. The van der Waals surface area contributed by atoms with Crippen LogP contribution in [-0.2, 0) is 14.6 Å². The highest BCUT2D eigenvalue weighted by Gasteiger charge is 2.33. The molecule has 25 heavy (non-hydrogen) atoms. The highest BCUT2D eigenvalue weighted by molar-refractivity contribution is 7.91. The van der Waals surface area contributed by atoms with Crippen molar-refractivity contribution in [2.75, 3.05) is 24.7 Å². The van der Waals surface area contributed by atoms with Crippen molar-refractivity contribution < 1.29 is 13.2 Å². The lowest BCUT2D eigenvalue weighted by Crippen LogP contribution is -2.50. The first-order valence-corrected chi connectivity index (χ1v) is 11.4. The Bertz CT molecular complexity index is 593. The molecule has 1 aliphatic carbocycles. The Hall–Kier alpha value is -0.820. The molecule has 7 heteroatoms. The first kappa shape index (κ1) is 19.0. The minimum absolute atomic E-state index is 0.139. The van der Waals surface area contributed by atoms with Crippen LogP contribution in [0.25, 0.3) is 0 Å². The normalized spacial score (nSPS) is 33.2. The van der Waals surface area contributed by atoms with E-state index in [9.17, 15) is 8.42 Å². The molecule has 3 atom stereocenters. The first-order chi connectivity index (χ1) is 11.7. The van der Waals surface area contributed by atoms with Crippen LogP contribution in [0.3, 0.4) is 0 Å². The van der Waals surface area contributed by atoms with E-state index in [1.165, 1.54) is 12.8 Å². The van der Waals surface area contributed by atoms with Crippen LogP contribution >= 0.6 is 0 Å². The number of nitrogens with zero attached hydrogens (tertiary/aromatic N) is 1. The van der Waals surface area contributed by atoms with E-state index >= 15 is 0 Å². The fraction of sp³-hybridized carbons (Fsp3) is 0.944. The standard InChI is InChI=1S/C18H33N3O3S/c1-18(2,3)16-10-15(6-8-24-16)21-17(20-14-4-5-14)19-11-13-7-9-25(22,23)12-13/h13-16H,4-12H2,1-3H3,(H2,19,20,21). The Morgan fingerprint density at radius 1 is 1.12 bits per heavy atom. The Morgan fingerprint density at radius 2 is 1.84 bits per heavy atom. The van der Waals surface area contributed by atoms with E-state index in [1.54, 1.807) is 0 Å². The molecule has 144 valence electrons. The third-order valence-corrected chi connectivity index (χ3v) is 7.18. The third-order valence-electron chi connectivity index (χ3n) is 5.34. The van der Waals surface area contributed by atoms with Gasteiger partial charge in [0.25, 0.3) is 0 Å². The lowest BCUT2D eigenvalue weighted by atomic mass is 9.83. The van der Waals surface area contributed by atoms with E-state index in [0.29, 0.717) is 24.4 Å². The molecule has 3 rings (SSSR count). The van der Waals surface area contributed by atoms with Gasteiger partial charge in [-0.15, -0.1) is 0 Å². The molecular weight excluding hydrogens is 338 g/mol. The number of aliphatic imine (C=N–C) groups is 1. The molecule has 0 radical (unpaired) electrons. The summed E-state index contributed by atoms with van der Waals surface area (Å²) in [5, 5.41) is 7.07. The predicted octanol–water partition coefficient (Wildman–Crippen LogP) is 1.71. The van der Waals surface area contributed by atoms with E-state index < -0.39 is 9.84 Å². The quantitative estimate of drug-likeness (QED) is 0.581. The molecule has 0 aromatic heterocycles. The minimum Gasteiger partial charge on any atom is -0.378 e. The van der Waals surface area contributed by atoms with E-state index in [1.807, 2.05) is 0 Å². The highest BCUT2D eigenvalue weighted by Crippen LogP contribution is 2.29. The van der Waals surface area contributed by atoms with Gasteiger partial charge in [-0.3, -0.25) is 4.99 Å². The van der Waals surface area contributed by atoms with Crippen molar-refractivity contribution in [1.82, 2.24) is 10.6 Å². The topological polar surface area (TPSA) is 79.8 Å². The van der Waals surface area contributed by atoms with Crippen LogP contribution in [0.15, 0.2) is 4.99 Å². The van der Waals surface area contributed by atoms with E-state index in [0.717, 1.165) is 31.8 Å². The molecule has 0 bridgehead atoms. The first-order valence-electron chi connectivity index (χ1n) is 9.61. The molecule has 3 fully saturated rings. The Kier molecular flexibility index (Phi) is 5.63. The molecule has 3 unspecified atom stereocenters. The third kappa shape index (κ3) is 5.84. The maximum absolute atomic E-state index is 11.6. The summed E-state index contributed by atoms with van der Waals surface area (Å²) in [5.41, 5.74) is 0.139. The summed E-state index contributed by atoms with van der Waals surface area (Å²) in [5.74, 6) is 1.63. The summed E-state index contributed by atoms with van der Waals surface area (Å²) in [7, 11) is -2.83. The van der Waals surface area contributed by atoms with Crippen molar-refractivity contribution in [3.05, 3.63) is 0 Å². The van der Waals surface area contributed by atoms with Crippen molar-refractivity contribution in [2.24, 2.45) is 16.3 Å². The number of rotatable bonds is 4. The largest absolute Gasteiger partial charge is 0.378 e. The number of nitrogens with one attached hydrogen (secondary N) is 2. The average molecular weight is 372 g/mol. The zero-order chi connectivity index (χ0) is 18.1. The van der Waals surface area contributed by atoms with Crippen LogP contribution in [0.4, 0.5) is 0 Å². The number of ether oxygens (including phenoxy) is 1. The van der Waals surface area contributed by atoms with E-state index in [2.05, 4.69) is 31.4 Å². The summed E-state index contributed by atoms with van der Waals surface area (Å²) in [6.07, 6.45) is 5.34. The second-order valence-electron chi connectivity index (χ2n) is 8.97. The zero-order valence-electron chi connectivity index (χ0n) is 15.8. The van der Waals surface area contributed by atoms with Crippen LogP contribution in [0.2, 0.25) is 0 Å². The molecule has 0 aromatic rings. The van der Waals surface area contributed by atoms with Gasteiger partial charge in [-0.25, -0.2) is 8.42 Å². The molecule has 2 N–H and O–H groups in total. The van der Waals surface area contributed by atoms with Crippen molar-refractivity contribution in [3.8, 4) is 0 Å². The van der Waals surface area contributed by atoms with Crippen molar-refractivity contribution >= 4 is 15.8 Å². The molecule has 2 saturated heterocycles. The SMILES string of the molecule is CC(C)(C)C1CC(NC(=NCC2CCS(=O)(=O)C2)NC2CC2)CCO1. The molecular formula is C18H33N3O3S. The van der Waals surface area contributed by atoms with Gasteiger partial charge in [0.15, 0.2) is 15.8 Å².